The van der Waals surface area contributed by atoms with Crippen molar-refractivity contribution in [1.29, 1.82) is 0 Å². The minimum absolute atomic E-state index is 0.134. The van der Waals surface area contributed by atoms with Crippen LogP contribution in [0.1, 0.15) is 17.9 Å². The van der Waals surface area contributed by atoms with Gasteiger partial charge in [0.1, 0.15) is 11.2 Å². The van der Waals surface area contributed by atoms with Crippen molar-refractivity contribution in [2.45, 2.75) is 17.2 Å². The Bertz CT molecular complexity index is 354. The second-order valence-corrected chi connectivity index (χ2v) is 4.15. The predicted molar refractivity (Wildman–Crippen MR) is 57.5 cm³/mol. The molecule has 0 saturated carbocycles. The third-order valence-corrected chi connectivity index (χ3v) is 3.14. The van der Waals surface area contributed by atoms with Crippen LogP contribution in [0, 0.1) is 5.82 Å². The Labute approximate surface area is 91.6 Å². The van der Waals surface area contributed by atoms with Gasteiger partial charge in [-0.05, 0) is 30.9 Å². The quantitative estimate of drug-likeness (QED) is 0.587. The SMILES string of the molecule is CSc1cc(C(Cl)C(C)=O)ccc1F. The van der Waals surface area contributed by atoms with E-state index in [1.807, 2.05) is 0 Å². The van der Waals surface area contributed by atoms with Gasteiger partial charge in [-0.25, -0.2) is 4.39 Å². The van der Waals surface area contributed by atoms with E-state index in [4.69, 9.17) is 11.6 Å². The molecule has 0 aliphatic heterocycles. The van der Waals surface area contributed by atoms with Gasteiger partial charge in [0.05, 0.1) is 0 Å². The molecule has 1 aromatic carbocycles. The van der Waals surface area contributed by atoms with E-state index < -0.39 is 5.38 Å². The van der Waals surface area contributed by atoms with E-state index in [-0.39, 0.29) is 11.6 Å². The van der Waals surface area contributed by atoms with Crippen LogP contribution in [0.4, 0.5) is 4.39 Å². The van der Waals surface area contributed by atoms with Crippen molar-refractivity contribution in [2.75, 3.05) is 6.26 Å². The maximum Gasteiger partial charge on any atom is 0.152 e. The van der Waals surface area contributed by atoms with Crippen LogP contribution in [0.25, 0.3) is 0 Å². The second-order valence-electron chi connectivity index (χ2n) is 2.87. The number of hydrogen-bond acceptors (Lipinski definition) is 2. The fourth-order valence-electron chi connectivity index (χ4n) is 1.07. The first kappa shape index (κ1) is 11.5. The number of ketones is 1. The van der Waals surface area contributed by atoms with Gasteiger partial charge in [-0.1, -0.05) is 6.07 Å². The summed E-state index contributed by atoms with van der Waals surface area (Å²) >= 11 is 7.13. The van der Waals surface area contributed by atoms with Gasteiger partial charge in [0.25, 0.3) is 0 Å². The molecule has 0 aromatic heterocycles. The summed E-state index contributed by atoms with van der Waals surface area (Å²) < 4.78 is 13.1. The molecule has 0 aliphatic rings. The molecule has 1 atom stereocenters. The summed E-state index contributed by atoms with van der Waals surface area (Å²) in [5, 5.41) is -0.679. The Morgan fingerprint density at radius 1 is 1.57 bits per heavy atom. The maximum atomic E-state index is 13.1. The number of carbonyl (C=O) groups is 1. The zero-order valence-electron chi connectivity index (χ0n) is 7.88. The number of alkyl halides is 1. The van der Waals surface area contributed by atoms with E-state index in [1.165, 1.54) is 30.8 Å². The van der Waals surface area contributed by atoms with E-state index in [2.05, 4.69) is 0 Å². The molecule has 0 saturated heterocycles. The number of thioether (sulfide) groups is 1. The van der Waals surface area contributed by atoms with Crippen LogP contribution in [0.5, 0.6) is 0 Å². The fraction of sp³-hybridized carbons (Fsp3) is 0.300. The van der Waals surface area contributed by atoms with Crippen molar-refractivity contribution in [3.05, 3.63) is 29.6 Å². The number of Topliss-reactive ketones (excluding diaryl/α,β-unsaturated/α-hetero) is 1. The summed E-state index contributed by atoms with van der Waals surface area (Å²) in [5.41, 5.74) is 0.643. The standard InChI is InChI=1S/C10H10ClFOS/c1-6(13)10(11)7-3-4-8(12)9(5-7)14-2/h3-5,10H,1-2H3. The highest BCUT2D eigenvalue weighted by Crippen LogP contribution is 2.27. The van der Waals surface area contributed by atoms with Crippen molar-refractivity contribution >= 4 is 29.1 Å². The third-order valence-electron chi connectivity index (χ3n) is 1.82. The summed E-state index contributed by atoms with van der Waals surface area (Å²) in [7, 11) is 0. The molecule has 14 heavy (non-hydrogen) atoms. The largest absolute Gasteiger partial charge is 0.298 e. The van der Waals surface area contributed by atoms with Gasteiger partial charge < -0.3 is 0 Å². The summed E-state index contributed by atoms with van der Waals surface area (Å²) in [4.78, 5) is 11.5. The van der Waals surface area contributed by atoms with Crippen LogP contribution in [-0.4, -0.2) is 12.0 Å². The average molecular weight is 233 g/mol. The minimum atomic E-state index is -0.679. The van der Waals surface area contributed by atoms with E-state index in [0.717, 1.165) is 0 Å². The van der Waals surface area contributed by atoms with Crippen molar-refractivity contribution < 1.29 is 9.18 Å². The van der Waals surface area contributed by atoms with E-state index in [9.17, 15) is 9.18 Å². The molecule has 0 heterocycles. The van der Waals surface area contributed by atoms with Gasteiger partial charge in [-0.2, -0.15) is 0 Å². The summed E-state index contributed by atoms with van der Waals surface area (Å²) in [5.74, 6) is -0.418. The van der Waals surface area contributed by atoms with Gasteiger partial charge in [0, 0.05) is 4.90 Å². The number of rotatable bonds is 3. The molecule has 1 unspecified atom stereocenters. The first-order chi connectivity index (χ1) is 6.56. The Hall–Kier alpha value is -0.540. The molecule has 0 radical (unpaired) electrons. The van der Waals surface area contributed by atoms with Crippen molar-refractivity contribution in [3.63, 3.8) is 0 Å². The molecular formula is C10H10ClFOS. The molecule has 0 fully saturated rings. The number of carbonyl (C=O) groups excluding carboxylic acids is 1. The lowest BCUT2D eigenvalue weighted by molar-refractivity contribution is -0.116. The van der Waals surface area contributed by atoms with E-state index >= 15 is 0 Å². The minimum Gasteiger partial charge on any atom is -0.298 e. The summed E-state index contributed by atoms with van der Waals surface area (Å²) in [6, 6.07) is 4.48. The van der Waals surface area contributed by atoms with Crippen LogP contribution >= 0.6 is 23.4 Å². The number of benzene rings is 1. The first-order valence-electron chi connectivity index (χ1n) is 4.04. The molecule has 4 heteroatoms. The molecule has 0 aliphatic carbocycles. The Kier molecular flexibility index (Phi) is 3.96. The maximum absolute atomic E-state index is 13.1. The summed E-state index contributed by atoms with van der Waals surface area (Å²) in [6.07, 6.45) is 1.78. The molecule has 1 nitrogen and oxygen atoms in total. The fourth-order valence-corrected chi connectivity index (χ4v) is 1.72. The smallest absolute Gasteiger partial charge is 0.152 e. The van der Waals surface area contributed by atoms with Crippen molar-refractivity contribution in [2.24, 2.45) is 0 Å². The highest BCUT2D eigenvalue weighted by Gasteiger charge is 2.14. The van der Waals surface area contributed by atoms with Crippen LogP contribution in [0.15, 0.2) is 23.1 Å². The number of halogens is 2. The van der Waals surface area contributed by atoms with Crippen LogP contribution in [0.2, 0.25) is 0 Å². The Balaban J connectivity index is 3.06. The van der Waals surface area contributed by atoms with Crippen LogP contribution in [0.3, 0.4) is 0 Å². The normalized spacial score (nSPS) is 12.6. The first-order valence-corrected chi connectivity index (χ1v) is 5.70. The lowest BCUT2D eigenvalue weighted by atomic mass is 10.1. The van der Waals surface area contributed by atoms with E-state index in [1.54, 1.807) is 12.3 Å². The van der Waals surface area contributed by atoms with Gasteiger partial charge in [-0.3, -0.25) is 4.79 Å². The van der Waals surface area contributed by atoms with Gasteiger partial charge in [-0.15, -0.1) is 23.4 Å². The highest BCUT2D eigenvalue weighted by atomic mass is 35.5. The van der Waals surface area contributed by atoms with Crippen LogP contribution in [-0.2, 0) is 4.79 Å². The molecule has 76 valence electrons. The van der Waals surface area contributed by atoms with Crippen LogP contribution < -0.4 is 0 Å². The average Bonchev–Trinajstić information content (AvgIpc) is 2.17. The van der Waals surface area contributed by atoms with E-state index in [0.29, 0.717) is 10.5 Å². The Morgan fingerprint density at radius 3 is 2.71 bits per heavy atom. The molecule has 1 aromatic rings. The van der Waals surface area contributed by atoms with Gasteiger partial charge >= 0.3 is 0 Å². The second kappa shape index (κ2) is 4.80. The lowest BCUT2D eigenvalue weighted by Gasteiger charge is -2.07. The van der Waals surface area contributed by atoms with Crippen molar-refractivity contribution in [1.82, 2.24) is 0 Å². The molecule has 0 amide bonds. The summed E-state index contributed by atoms with van der Waals surface area (Å²) in [6.45, 7) is 1.42. The zero-order valence-corrected chi connectivity index (χ0v) is 9.45. The highest BCUT2D eigenvalue weighted by molar-refractivity contribution is 7.98. The van der Waals surface area contributed by atoms with Gasteiger partial charge in [0.2, 0.25) is 0 Å². The predicted octanol–water partition coefficient (Wildman–Crippen LogP) is 3.42. The molecule has 0 N–H and O–H groups in total. The number of hydrogen-bond donors (Lipinski definition) is 0. The molecule has 0 spiro atoms. The monoisotopic (exact) mass is 232 g/mol. The Morgan fingerprint density at radius 2 is 2.21 bits per heavy atom. The van der Waals surface area contributed by atoms with Gasteiger partial charge in [0.15, 0.2) is 5.78 Å². The zero-order chi connectivity index (χ0) is 10.7. The third kappa shape index (κ3) is 2.49. The molecular weight excluding hydrogens is 223 g/mol. The molecule has 1 rings (SSSR count). The van der Waals surface area contributed by atoms with Crippen molar-refractivity contribution in [3.8, 4) is 0 Å². The topological polar surface area (TPSA) is 17.1 Å². The lowest BCUT2D eigenvalue weighted by Crippen LogP contribution is -2.01. The molecule has 0 bridgehead atoms.